The number of nitrogens with zero attached hydrogens (tertiary/aromatic N) is 3. The summed E-state index contributed by atoms with van der Waals surface area (Å²) in [4.78, 5) is 6.95. The molecule has 4 rings (SSSR count). The van der Waals surface area contributed by atoms with Gasteiger partial charge in [-0.25, -0.2) is 0 Å². The number of aryl methyl sites for hydroxylation is 1. The zero-order valence-electron chi connectivity index (χ0n) is 16.6. The number of pyridine rings is 1. The summed E-state index contributed by atoms with van der Waals surface area (Å²) in [5.41, 5.74) is 6.00. The van der Waals surface area contributed by atoms with E-state index < -0.39 is 0 Å². The van der Waals surface area contributed by atoms with Gasteiger partial charge in [0.1, 0.15) is 0 Å². The summed E-state index contributed by atoms with van der Waals surface area (Å²) in [6, 6.07) is 19.1. The second-order valence-electron chi connectivity index (χ2n) is 7.32. The SMILES string of the molecule is CCCN1C(=S)N[C@@H](c2ccccn2)[C@H]1c1cc(C)n(-c2ccccc2)c1C. The fourth-order valence-electron chi connectivity index (χ4n) is 4.29. The van der Waals surface area contributed by atoms with Gasteiger partial charge in [-0.2, -0.15) is 0 Å². The van der Waals surface area contributed by atoms with Crippen LogP contribution in [0.25, 0.3) is 5.69 Å². The van der Waals surface area contributed by atoms with E-state index in [4.69, 9.17) is 12.2 Å². The van der Waals surface area contributed by atoms with Crippen LogP contribution in [0.3, 0.4) is 0 Å². The van der Waals surface area contributed by atoms with E-state index in [2.05, 4.69) is 83.0 Å². The van der Waals surface area contributed by atoms with E-state index in [9.17, 15) is 0 Å². The lowest BCUT2D eigenvalue weighted by molar-refractivity contribution is 0.316. The van der Waals surface area contributed by atoms with Crippen molar-refractivity contribution in [1.29, 1.82) is 0 Å². The van der Waals surface area contributed by atoms with Crippen molar-refractivity contribution in [3.8, 4) is 5.69 Å². The highest BCUT2D eigenvalue weighted by molar-refractivity contribution is 7.80. The minimum atomic E-state index is 0.0463. The second kappa shape index (κ2) is 7.76. The average Bonchev–Trinajstić information content (AvgIpc) is 3.19. The van der Waals surface area contributed by atoms with E-state index in [1.165, 1.54) is 22.6 Å². The van der Waals surface area contributed by atoms with Crippen LogP contribution in [-0.2, 0) is 0 Å². The molecule has 2 aromatic heterocycles. The van der Waals surface area contributed by atoms with Crippen LogP contribution in [0.15, 0.2) is 60.8 Å². The van der Waals surface area contributed by atoms with Gasteiger partial charge < -0.3 is 14.8 Å². The van der Waals surface area contributed by atoms with Gasteiger partial charge in [0.2, 0.25) is 0 Å². The molecule has 0 spiro atoms. The van der Waals surface area contributed by atoms with Crippen LogP contribution in [-0.4, -0.2) is 26.1 Å². The Labute approximate surface area is 172 Å². The topological polar surface area (TPSA) is 33.1 Å². The van der Waals surface area contributed by atoms with Gasteiger partial charge in [-0.3, -0.25) is 4.98 Å². The van der Waals surface area contributed by atoms with E-state index in [1.807, 2.05) is 18.3 Å². The molecule has 1 saturated heterocycles. The molecule has 0 bridgehead atoms. The van der Waals surface area contributed by atoms with Gasteiger partial charge in [-0.1, -0.05) is 31.2 Å². The molecule has 3 heterocycles. The molecule has 144 valence electrons. The van der Waals surface area contributed by atoms with Crippen LogP contribution in [0.4, 0.5) is 0 Å². The predicted octanol–water partition coefficient (Wildman–Crippen LogP) is 4.87. The quantitative estimate of drug-likeness (QED) is 0.630. The Morgan fingerprint density at radius 1 is 1.07 bits per heavy atom. The van der Waals surface area contributed by atoms with Crippen molar-refractivity contribution in [2.24, 2.45) is 0 Å². The highest BCUT2D eigenvalue weighted by atomic mass is 32.1. The standard InChI is InChI=1S/C23H26N4S/c1-4-14-26-22(21(25-23(26)28)20-12-8-9-13-24-20)19-15-16(2)27(17(19)3)18-10-6-5-7-11-18/h5-13,15,21-22H,4,14H2,1-3H3,(H,25,28)/t21-,22+/m0/s1. The van der Waals surface area contributed by atoms with Gasteiger partial charge in [0.25, 0.3) is 0 Å². The number of hydrogen-bond acceptors (Lipinski definition) is 2. The van der Waals surface area contributed by atoms with Crippen LogP contribution in [0.1, 0.15) is 48.1 Å². The maximum Gasteiger partial charge on any atom is 0.170 e. The van der Waals surface area contributed by atoms with E-state index in [0.717, 1.165) is 23.8 Å². The lowest BCUT2D eigenvalue weighted by Crippen LogP contribution is -2.30. The fraction of sp³-hybridized carbons (Fsp3) is 0.304. The third kappa shape index (κ3) is 3.20. The molecule has 0 amide bonds. The molecule has 1 aromatic carbocycles. The lowest BCUT2D eigenvalue weighted by atomic mass is 9.96. The van der Waals surface area contributed by atoms with Gasteiger partial charge in [-0.15, -0.1) is 0 Å². The molecule has 0 radical (unpaired) electrons. The molecular weight excluding hydrogens is 364 g/mol. The number of benzene rings is 1. The van der Waals surface area contributed by atoms with Crippen LogP contribution < -0.4 is 5.32 Å². The van der Waals surface area contributed by atoms with E-state index in [1.54, 1.807) is 0 Å². The summed E-state index contributed by atoms with van der Waals surface area (Å²) in [6.07, 6.45) is 2.90. The third-order valence-corrected chi connectivity index (χ3v) is 5.82. The number of para-hydroxylation sites is 1. The number of hydrogen-bond donors (Lipinski definition) is 1. The molecule has 1 N–H and O–H groups in total. The van der Waals surface area contributed by atoms with Crippen molar-refractivity contribution < 1.29 is 0 Å². The molecule has 5 heteroatoms. The fourth-order valence-corrected chi connectivity index (χ4v) is 4.62. The molecule has 1 aliphatic rings. The van der Waals surface area contributed by atoms with E-state index in [0.29, 0.717) is 0 Å². The highest BCUT2D eigenvalue weighted by Crippen LogP contribution is 2.41. The second-order valence-corrected chi connectivity index (χ2v) is 7.70. The number of nitrogens with one attached hydrogen (secondary N) is 1. The van der Waals surface area contributed by atoms with E-state index in [-0.39, 0.29) is 12.1 Å². The van der Waals surface area contributed by atoms with Gasteiger partial charge in [0.15, 0.2) is 5.11 Å². The zero-order chi connectivity index (χ0) is 19.7. The number of aromatic nitrogens is 2. The Hall–Kier alpha value is -2.66. The summed E-state index contributed by atoms with van der Waals surface area (Å²) in [6.45, 7) is 7.50. The van der Waals surface area contributed by atoms with Gasteiger partial charge >= 0.3 is 0 Å². The largest absolute Gasteiger partial charge is 0.352 e. The van der Waals surface area contributed by atoms with Crippen molar-refractivity contribution in [1.82, 2.24) is 19.8 Å². The summed E-state index contributed by atoms with van der Waals surface area (Å²) in [5, 5.41) is 4.35. The molecule has 4 nitrogen and oxygen atoms in total. The third-order valence-electron chi connectivity index (χ3n) is 5.47. The summed E-state index contributed by atoms with van der Waals surface area (Å²) in [7, 11) is 0. The van der Waals surface area contributed by atoms with E-state index >= 15 is 0 Å². The van der Waals surface area contributed by atoms with Crippen molar-refractivity contribution in [3.05, 3.63) is 83.4 Å². The highest BCUT2D eigenvalue weighted by Gasteiger charge is 2.40. The predicted molar refractivity (Wildman–Crippen MR) is 118 cm³/mol. The summed E-state index contributed by atoms with van der Waals surface area (Å²) < 4.78 is 2.33. The molecule has 3 aromatic rings. The maximum absolute atomic E-state index is 5.72. The molecule has 0 aliphatic carbocycles. The van der Waals surface area contributed by atoms with Crippen LogP contribution in [0.5, 0.6) is 0 Å². The first kappa shape index (κ1) is 18.7. The van der Waals surface area contributed by atoms with Crippen molar-refractivity contribution >= 4 is 17.3 Å². The normalized spacial score (nSPS) is 19.1. The van der Waals surface area contributed by atoms with Crippen LogP contribution in [0, 0.1) is 13.8 Å². The molecule has 1 aliphatic heterocycles. The Kier molecular flexibility index (Phi) is 5.18. The first-order chi connectivity index (χ1) is 13.6. The number of rotatable bonds is 5. The molecule has 0 saturated carbocycles. The Morgan fingerprint density at radius 2 is 1.82 bits per heavy atom. The van der Waals surface area contributed by atoms with Gasteiger partial charge in [0.05, 0.1) is 17.8 Å². The maximum atomic E-state index is 5.72. The molecular formula is C23H26N4S. The first-order valence-electron chi connectivity index (χ1n) is 9.84. The Balaban J connectivity index is 1.83. The zero-order valence-corrected chi connectivity index (χ0v) is 17.4. The monoisotopic (exact) mass is 390 g/mol. The molecule has 1 fully saturated rings. The molecule has 28 heavy (non-hydrogen) atoms. The Bertz CT molecular complexity index is 965. The molecule has 2 atom stereocenters. The van der Waals surface area contributed by atoms with Crippen molar-refractivity contribution in [2.45, 2.75) is 39.3 Å². The van der Waals surface area contributed by atoms with Crippen LogP contribution >= 0.6 is 12.2 Å². The number of thiocarbonyl (C=S) groups is 1. The minimum Gasteiger partial charge on any atom is -0.352 e. The van der Waals surface area contributed by atoms with Crippen LogP contribution in [0.2, 0.25) is 0 Å². The van der Waals surface area contributed by atoms with Gasteiger partial charge in [-0.05, 0) is 68.4 Å². The van der Waals surface area contributed by atoms with Crippen molar-refractivity contribution in [3.63, 3.8) is 0 Å². The Morgan fingerprint density at radius 3 is 2.50 bits per heavy atom. The van der Waals surface area contributed by atoms with Crippen molar-refractivity contribution in [2.75, 3.05) is 6.54 Å². The first-order valence-corrected chi connectivity index (χ1v) is 10.2. The summed E-state index contributed by atoms with van der Waals surface area (Å²) in [5.74, 6) is 0. The lowest BCUT2D eigenvalue weighted by Gasteiger charge is -2.27. The van der Waals surface area contributed by atoms with Gasteiger partial charge in [0, 0.05) is 29.8 Å². The smallest absolute Gasteiger partial charge is 0.170 e. The average molecular weight is 391 g/mol. The summed E-state index contributed by atoms with van der Waals surface area (Å²) >= 11 is 5.72. The molecule has 0 unspecified atom stereocenters. The minimum absolute atomic E-state index is 0.0463.